The third kappa shape index (κ3) is 2.64. The fraction of sp³-hybridized carbons (Fsp3) is 0.500. The van der Waals surface area contributed by atoms with Gasteiger partial charge in [-0.25, -0.2) is 0 Å². The number of ketones is 1. The second-order valence-corrected chi connectivity index (χ2v) is 4.19. The molecule has 0 amide bonds. The van der Waals surface area contributed by atoms with Gasteiger partial charge < -0.3 is 5.32 Å². The number of nitrogens with one attached hydrogen (secondary N) is 1. The number of thiophene rings is 1. The van der Waals surface area contributed by atoms with Crippen LogP contribution in [0.4, 0.5) is 0 Å². The lowest BCUT2D eigenvalue weighted by atomic mass is 10.2. The molecule has 1 aliphatic carbocycles. The van der Waals surface area contributed by atoms with Crippen LogP contribution >= 0.6 is 11.3 Å². The summed E-state index contributed by atoms with van der Waals surface area (Å²) in [5, 5.41) is 7.19. The maximum Gasteiger partial charge on any atom is 0.164 e. The molecule has 13 heavy (non-hydrogen) atoms. The van der Waals surface area contributed by atoms with Gasteiger partial charge in [0.1, 0.15) is 0 Å². The highest BCUT2D eigenvalue weighted by molar-refractivity contribution is 7.08. The molecule has 0 aliphatic heterocycles. The third-order valence-electron chi connectivity index (χ3n) is 2.21. The first-order chi connectivity index (χ1) is 6.36. The molecule has 1 N–H and O–H groups in total. The first-order valence-corrected chi connectivity index (χ1v) is 5.59. The van der Waals surface area contributed by atoms with Gasteiger partial charge >= 0.3 is 0 Å². The Kier molecular flexibility index (Phi) is 2.76. The number of hydrogen-bond acceptors (Lipinski definition) is 3. The van der Waals surface area contributed by atoms with Gasteiger partial charge in [0.05, 0.1) is 0 Å². The summed E-state index contributed by atoms with van der Waals surface area (Å²) in [7, 11) is 0. The van der Waals surface area contributed by atoms with Crippen LogP contribution in [-0.4, -0.2) is 18.4 Å². The summed E-state index contributed by atoms with van der Waals surface area (Å²) in [6, 6.07) is 2.60. The highest BCUT2D eigenvalue weighted by Gasteiger charge is 2.20. The fourth-order valence-electron chi connectivity index (χ4n) is 1.24. The molecule has 3 heteroatoms. The van der Waals surface area contributed by atoms with Crippen LogP contribution in [0.3, 0.4) is 0 Å². The zero-order valence-electron chi connectivity index (χ0n) is 7.45. The molecule has 0 bridgehead atoms. The Morgan fingerprint density at radius 3 is 3.08 bits per heavy atom. The summed E-state index contributed by atoms with van der Waals surface area (Å²) < 4.78 is 0. The van der Waals surface area contributed by atoms with Crippen LogP contribution in [0.5, 0.6) is 0 Å². The Morgan fingerprint density at radius 1 is 1.62 bits per heavy atom. The van der Waals surface area contributed by atoms with E-state index < -0.39 is 0 Å². The van der Waals surface area contributed by atoms with Gasteiger partial charge in [0.25, 0.3) is 0 Å². The fourth-order valence-corrected chi connectivity index (χ4v) is 1.91. The Bertz CT molecular complexity index is 277. The Morgan fingerprint density at radius 2 is 2.46 bits per heavy atom. The summed E-state index contributed by atoms with van der Waals surface area (Å²) in [6.45, 7) is 0.833. The van der Waals surface area contributed by atoms with E-state index in [4.69, 9.17) is 0 Å². The van der Waals surface area contributed by atoms with Crippen molar-refractivity contribution in [1.29, 1.82) is 0 Å². The van der Waals surface area contributed by atoms with Gasteiger partial charge in [-0.05, 0) is 24.3 Å². The van der Waals surface area contributed by atoms with E-state index in [0.717, 1.165) is 12.1 Å². The summed E-state index contributed by atoms with van der Waals surface area (Å²) in [5.41, 5.74) is 0.864. The van der Waals surface area contributed by atoms with Crippen LogP contribution < -0.4 is 5.32 Å². The molecular weight excluding hydrogens is 182 g/mol. The van der Waals surface area contributed by atoms with Gasteiger partial charge in [-0.15, -0.1) is 0 Å². The lowest BCUT2D eigenvalue weighted by Crippen LogP contribution is -2.20. The molecule has 1 aromatic heterocycles. The normalized spacial score (nSPS) is 16.0. The standard InChI is InChI=1S/C10H13NOS/c12-10(8-4-6-13-7-8)3-5-11-9-1-2-9/h4,6-7,9,11H,1-3,5H2. The van der Waals surface area contributed by atoms with Crippen LogP contribution in [-0.2, 0) is 0 Å². The second-order valence-electron chi connectivity index (χ2n) is 3.41. The minimum atomic E-state index is 0.259. The second kappa shape index (κ2) is 4.03. The average Bonchev–Trinajstić information content (AvgIpc) is 2.80. The van der Waals surface area contributed by atoms with Crippen molar-refractivity contribution in [1.82, 2.24) is 5.32 Å². The van der Waals surface area contributed by atoms with Gasteiger partial charge in [-0.1, -0.05) is 0 Å². The molecule has 0 aromatic carbocycles. The molecule has 0 saturated heterocycles. The van der Waals surface area contributed by atoms with Crippen molar-refractivity contribution in [2.24, 2.45) is 0 Å². The quantitative estimate of drug-likeness (QED) is 0.729. The van der Waals surface area contributed by atoms with Gasteiger partial charge in [0.15, 0.2) is 5.78 Å². The van der Waals surface area contributed by atoms with Crippen LogP contribution in [0.1, 0.15) is 29.6 Å². The molecule has 1 aromatic rings. The molecule has 1 fully saturated rings. The van der Waals surface area contributed by atoms with Crippen LogP contribution in [0, 0.1) is 0 Å². The van der Waals surface area contributed by atoms with Crippen molar-refractivity contribution < 1.29 is 4.79 Å². The van der Waals surface area contributed by atoms with Gasteiger partial charge in [0.2, 0.25) is 0 Å². The molecule has 70 valence electrons. The number of carbonyl (C=O) groups is 1. The molecule has 2 nitrogen and oxygen atoms in total. The molecule has 1 heterocycles. The highest BCUT2D eigenvalue weighted by Crippen LogP contribution is 2.18. The Hall–Kier alpha value is -0.670. The van der Waals surface area contributed by atoms with E-state index in [-0.39, 0.29) is 5.78 Å². The summed E-state index contributed by atoms with van der Waals surface area (Å²) in [5.74, 6) is 0.259. The molecule has 0 radical (unpaired) electrons. The van der Waals surface area contributed by atoms with E-state index in [1.54, 1.807) is 11.3 Å². The molecule has 2 rings (SSSR count). The average molecular weight is 195 g/mol. The summed E-state index contributed by atoms with van der Waals surface area (Å²) in [4.78, 5) is 11.5. The van der Waals surface area contributed by atoms with Crippen molar-refractivity contribution in [3.05, 3.63) is 22.4 Å². The number of Topliss-reactive ketones (excluding diaryl/α,β-unsaturated/α-hetero) is 1. The van der Waals surface area contributed by atoms with E-state index in [9.17, 15) is 4.79 Å². The SMILES string of the molecule is O=C(CCNC1CC1)c1ccsc1. The maximum absolute atomic E-state index is 11.5. The van der Waals surface area contributed by atoms with E-state index in [1.165, 1.54) is 12.8 Å². The van der Waals surface area contributed by atoms with E-state index >= 15 is 0 Å². The van der Waals surface area contributed by atoms with Gasteiger partial charge in [-0.3, -0.25) is 4.79 Å². The monoisotopic (exact) mass is 195 g/mol. The van der Waals surface area contributed by atoms with Crippen molar-refractivity contribution in [3.63, 3.8) is 0 Å². The van der Waals surface area contributed by atoms with Gasteiger partial charge in [-0.2, -0.15) is 11.3 Å². The van der Waals surface area contributed by atoms with Crippen LogP contribution in [0.2, 0.25) is 0 Å². The molecule has 0 unspecified atom stereocenters. The minimum Gasteiger partial charge on any atom is -0.314 e. The minimum absolute atomic E-state index is 0.259. The topological polar surface area (TPSA) is 29.1 Å². The van der Waals surface area contributed by atoms with E-state index in [1.807, 2.05) is 16.8 Å². The molecule has 0 spiro atoms. The zero-order chi connectivity index (χ0) is 9.10. The number of rotatable bonds is 5. The maximum atomic E-state index is 11.5. The molecular formula is C10H13NOS. The van der Waals surface area contributed by atoms with Crippen molar-refractivity contribution >= 4 is 17.1 Å². The summed E-state index contributed by atoms with van der Waals surface area (Å²) >= 11 is 1.58. The predicted octanol–water partition coefficient (Wildman–Crippen LogP) is 2.07. The van der Waals surface area contributed by atoms with Crippen molar-refractivity contribution in [2.45, 2.75) is 25.3 Å². The van der Waals surface area contributed by atoms with E-state index in [2.05, 4.69) is 5.32 Å². The highest BCUT2D eigenvalue weighted by atomic mass is 32.1. The Balaban J connectivity index is 1.71. The first-order valence-electron chi connectivity index (χ1n) is 4.65. The van der Waals surface area contributed by atoms with E-state index in [0.29, 0.717) is 12.5 Å². The Labute approximate surface area is 82.0 Å². The van der Waals surface area contributed by atoms with Crippen LogP contribution in [0.15, 0.2) is 16.8 Å². The van der Waals surface area contributed by atoms with Crippen molar-refractivity contribution in [2.75, 3.05) is 6.54 Å². The summed E-state index contributed by atoms with van der Waals surface area (Å²) in [6.07, 6.45) is 3.20. The lowest BCUT2D eigenvalue weighted by molar-refractivity contribution is 0.0983. The van der Waals surface area contributed by atoms with Crippen LogP contribution in [0.25, 0.3) is 0 Å². The van der Waals surface area contributed by atoms with Crippen molar-refractivity contribution in [3.8, 4) is 0 Å². The smallest absolute Gasteiger partial charge is 0.164 e. The number of carbonyl (C=O) groups excluding carboxylic acids is 1. The lowest BCUT2D eigenvalue weighted by Gasteiger charge is -1.99. The third-order valence-corrected chi connectivity index (χ3v) is 2.89. The number of hydrogen-bond donors (Lipinski definition) is 1. The zero-order valence-corrected chi connectivity index (χ0v) is 8.27. The molecule has 1 aliphatic rings. The predicted molar refractivity (Wildman–Crippen MR) is 54.3 cm³/mol. The molecule has 0 atom stereocenters. The van der Waals surface area contributed by atoms with Gasteiger partial charge in [0, 0.05) is 30.0 Å². The largest absolute Gasteiger partial charge is 0.314 e. The molecule has 1 saturated carbocycles. The first kappa shape index (κ1) is 8.91.